The first-order chi connectivity index (χ1) is 6.77. The SMILES string of the molecule is Fc1ccc2c(c1)NC1(CCNC1)C2. The Balaban J connectivity index is 1.96. The number of benzene rings is 1. The largest absolute Gasteiger partial charge is 0.378 e. The highest BCUT2D eigenvalue weighted by atomic mass is 19.1. The zero-order valence-electron chi connectivity index (χ0n) is 7.94. The Kier molecular flexibility index (Phi) is 1.59. The standard InChI is InChI=1S/C11H13FN2/c12-9-2-1-8-6-11(3-4-13-7-11)14-10(8)5-9/h1-2,5,13-14H,3-4,6-7H2. The molecule has 1 unspecified atom stereocenters. The van der Waals surface area contributed by atoms with Crippen molar-refractivity contribution in [2.45, 2.75) is 18.4 Å². The second kappa shape index (κ2) is 2.70. The van der Waals surface area contributed by atoms with Crippen molar-refractivity contribution in [1.29, 1.82) is 0 Å². The predicted molar refractivity (Wildman–Crippen MR) is 53.9 cm³/mol. The molecule has 1 aromatic rings. The third kappa shape index (κ3) is 1.12. The molecule has 3 heteroatoms. The number of anilines is 1. The van der Waals surface area contributed by atoms with Crippen LogP contribution in [0, 0.1) is 5.82 Å². The van der Waals surface area contributed by atoms with Crippen molar-refractivity contribution in [1.82, 2.24) is 5.32 Å². The van der Waals surface area contributed by atoms with Gasteiger partial charge >= 0.3 is 0 Å². The maximum Gasteiger partial charge on any atom is 0.125 e. The molecule has 74 valence electrons. The molecule has 2 aliphatic rings. The monoisotopic (exact) mass is 192 g/mol. The molecule has 2 heterocycles. The fourth-order valence-electron chi connectivity index (χ4n) is 2.51. The van der Waals surface area contributed by atoms with Crippen LogP contribution in [-0.2, 0) is 6.42 Å². The third-order valence-electron chi connectivity index (χ3n) is 3.24. The van der Waals surface area contributed by atoms with E-state index < -0.39 is 0 Å². The molecule has 2 aliphatic heterocycles. The van der Waals surface area contributed by atoms with Crippen LogP contribution in [0.1, 0.15) is 12.0 Å². The zero-order chi connectivity index (χ0) is 9.60. The number of hydrogen-bond acceptors (Lipinski definition) is 2. The summed E-state index contributed by atoms with van der Waals surface area (Å²) >= 11 is 0. The van der Waals surface area contributed by atoms with Crippen LogP contribution in [0.25, 0.3) is 0 Å². The van der Waals surface area contributed by atoms with E-state index in [1.807, 2.05) is 6.07 Å². The van der Waals surface area contributed by atoms with E-state index in [1.54, 1.807) is 12.1 Å². The average Bonchev–Trinajstić information content (AvgIpc) is 2.72. The Morgan fingerprint density at radius 2 is 2.29 bits per heavy atom. The number of rotatable bonds is 0. The summed E-state index contributed by atoms with van der Waals surface area (Å²) in [7, 11) is 0. The second-order valence-electron chi connectivity index (χ2n) is 4.31. The molecule has 0 bridgehead atoms. The highest BCUT2D eigenvalue weighted by Crippen LogP contribution is 2.36. The summed E-state index contributed by atoms with van der Waals surface area (Å²) < 4.78 is 13.0. The summed E-state index contributed by atoms with van der Waals surface area (Å²) in [4.78, 5) is 0. The summed E-state index contributed by atoms with van der Waals surface area (Å²) in [6, 6.07) is 5.04. The van der Waals surface area contributed by atoms with Crippen LogP contribution in [0.3, 0.4) is 0 Å². The first kappa shape index (κ1) is 8.24. The maximum absolute atomic E-state index is 13.0. The smallest absolute Gasteiger partial charge is 0.125 e. The lowest BCUT2D eigenvalue weighted by Gasteiger charge is -2.22. The Hall–Kier alpha value is -1.09. The molecular formula is C11H13FN2. The Morgan fingerprint density at radius 1 is 1.36 bits per heavy atom. The van der Waals surface area contributed by atoms with Gasteiger partial charge in [-0.15, -0.1) is 0 Å². The number of fused-ring (bicyclic) bond motifs is 1. The van der Waals surface area contributed by atoms with Crippen LogP contribution < -0.4 is 10.6 Å². The van der Waals surface area contributed by atoms with E-state index in [-0.39, 0.29) is 11.4 Å². The molecule has 14 heavy (non-hydrogen) atoms. The molecule has 1 aromatic carbocycles. The molecule has 0 saturated carbocycles. The van der Waals surface area contributed by atoms with E-state index in [9.17, 15) is 4.39 Å². The molecule has 1 saturated heterocycles. The molecule has 1 spiro atoms. The van der Waals surface area contributed by atoms with Crippen molar-refractivity contribution >= 4 is 5.69 Å². The third-order valence-corrected chi connectivity index (χ3v) is 3.24. The first-order valence-electron chi connectivity index (χ1n) is 5.05. The minimum Gasteiger partial charge on any atom is -0.378 e. The van der Waals surface area contributed by atoms with E-state index >= 15 is 0 Å². The van der Waals surface area contributed by atoms with Gasteiger partial charge in [0.25, 0.3) is 0 Å². The van der Waals surface area contributed by atoms with Crippen molar-refractivity contribution in [3.63, 3.8) is 0 Å². The highest BCUT2D eigenvalue weighted by Gasteiger charge is 2.39. The Morgan fingerprint density at radius 3 is 3.07 bits per heavy atom. The fraction of sp³-hybridized carbons (Fsp3) is 0.455. The molecule has 2 nitrogen and oxygen atoms in total. The normalized spacial score (nSPS) is 29.2. The molecule has 3 rings (SSSR count). The van der Waals surface area contributed by atoms with Crippen molar-refractivity contribution < 1.29 is 4.39 Å². The minimum absolute atomic E-state index is 0.153. The highest BCUT2D eigenvalue weighted by molar-refractivity contribution is 5.59. The van der Waals surface area contributed by atoms with Crippen LogP contribution >= 0.6 is 0 Å². The van der Waals surface area contributed by atoms with Gasteiger partial charge in [-0.1, -0.05) is 6.07 Å². The topological polar surface area (TPSA) is 24.1 Å². The molecule has 0 aromatic heterocycles. The van der Waals surface area contributed by atoms with E-state index in [0.29, 0.717) is 0 Å². The number of nitrogens with one attached hydrogen (secondary N) is 2. The van der Waals surface area contributed by atoms with E-state index in [1.165, 1.54) is 5.56 Å². The number of halogens is 1. The van der Waals surface area contributed by atoms with E-state index in [0.717, 1.165) is 31.6 Å². The Bertz CT molecular complexity index is 370. The van der Waals surface area contributed by atoms with Gasteiger partial charge in [-0.3, -0.25) is 0 Å². The summed E-state index contributed by atoms with van der Waals surface area (Å²) in [5, 5.41) is 6.80. The van der Waals surface area contributed by atoms with Gasteiger partial charge in [0.15, 0.2) is 0 Å². The van der Waals surface area contributed by atoms with Gasteiger partial charge in [0.05, 0.1) is 5.54 Å². The van der Waals surface area contributed by atoms with Crippen LogP contribution in [0.5, 0.6) is 0 Å². The van der Waals surface area contributed by atoms with Crippen molar-refractivity contribution in [2.75, 3.05) is 18.4 Å². The second-order valence-corrected chi connectivity index (χ2v) is 4.31. The van der Waals surface area contributed by atoms with Gasteiger partial charge in [0, 0.05) is 12.2 Å². The molecule has 1 fully saturated rings. The molecule has 0 aliphatic carbocycles. The summed E-state index contributed by atoms with van der Waals surface area (Å²) in [6.07, 6.45) is 2.15. The summed E-state index contributed by atoms with van der Waals surface area (Å²) in [5.74, 6) is -0.153. The fourth-order valence-corrected chi connectivity index (χ4v) is 2.51. The van der Waals surface area contributed by atoms with E-state index in [2.05, 4.69) is 10.6 Å². The zero-order valence-corrected chi connectivity index (χ0v) is 7.94. The van der Waals surface area contributed by atoms with Gasteiger partial charge < -0.3 is 10.6 Å². The van der Waals surface area contributed by atoms with Gasteiger partial charge in [-0.2, -0.15) is 0 Å². The predicted octanol–water partition coefficient (Wildman–Crippen LogP) is 1.53. The van der Waals surface area contributed by atoms with Gasteiger partial charge in [0.1, 0.15) is 5.82 Å². The van der Waals surface area contributed by atoms with Gasteiger partial charge in [-0.25, -0.2) is 4.39 Å². The van der Waals surface area contributed by atoms with Gasteiger partial charge in [-0.05, 0) is 37.1 Å². The van der Waals surface area contributed by atoms with Crippen LogP contribution in [-0.4, -0.2) is 18.6 Å². The van der Waals surface area contributed by atoms with Crippen LogP contribution in [0.15, 0.2) is 18.2 Å². The first-order valence-corrected chi connectivity index (χ1v) is 5.05. The average molecular weight is 192 g/mol. The quantitative estimate of drug-likeness (QED) is 0.651. The Labute approximate surface area is 82.5 Å². The molecule has 2 N–H and O–H groups in total. The number of hydrogen-bond donors (Lipinski definition) is 2. The molecule has 1 atom stereocenters. The summed E-state index contributed by atoms with van der Waals surface area (Å²) in [5.41, 5.74) is 2.39. The van der Waals surface area contributed by atoms with Crippen molar-refractivity contribution in [3.05, 3.63) is 29.6 Å². The van der Waals surface area contributed by atoms with Crippen LogP contribution in [0.4, 0.5) is 10.1 Å². The molecular weight excluding hydrogens is 179 g/mol. The van der Waals surface area contributed by atoms with E-state index in [4.69, 9.17) is 0 Å². The van der Waals surface area contributed by atoms with Crippen molar-refractivity contribution in [3.8, 4) is 0 Å². The minimum atomic E-state index is -0.153. The van der Waals surface area contributed by atoms with Gasteiger partial charge in [0.2, 0.25) is 0 Å². The lowest BCUT2D eigenvalue weighted by Crippen LogP contribution is -2.38. The van der Waals surface area contributed by atoms with Crippen molar-refractivity contribution in [2.24, 2.45) is 0 Å². The summed E-state index contributed by atoms with van der Waals surface area (Å²) in [6.45, 7) is 2.05. The van der Waals surface area contributed by atoms with Crippen LogP contribution in [0.2, 0.25) is 0 Å². The molecule has 0 radical (unpaired) electrons. The lowest BCUT2D eigenvalue weighted by atomic mass is 9.95. The maximum atomic E-state index is 13.0. The molecule has 0 amide bonds. The lowest BCUT2D eigenvalue weighted by molar-refractivity contribution is 0.533.